The van der Waals surface area contributed by atoms with Crippen LogP contribution in [0.3, 0.4) is 0 Å². The van der Waals surface area contributed by atoms with Crippen molar-refractivity contribution in [2.45, 2.75) is 32.2 Å². The van der Waals surface area contributed by atoms with Gasteiger partial charge in [-0.15, -0.1) is 0 Å². The number of halogens is 1. The van der Waals surface area contributed by atoms with Gasteiger partial charge < -0.3 is 10.6 Å². The van der Waals surface area contributed by atoms with Gasteiger partial charge in [0.15, 0.2) is 0 Å². The highest BCUT2D eigenvalue weighted by Gasteiger charge is 2.44. The number of likely N-dealkylation sites (tertiary alicyclic amines) is 1. The third-order valence-electron chi connectivity index (χ3n) is 4.10. The van der Waals surface area contributed by atoms with Crippen LogP contribution in [0.25, 0.3) is 0 Å². The smallest absolute Gasteiger partial charge is 0.223 e. The Bertz CT molecular complexity index is 515. The van der Waals surface area contributed by atoms with Gasteiger partial charge in [0, 0.05) is 23.4 Å². The lowest BCUT2D eigenvalue weighted by Crippen LogP contribution is -2.42. The SMILES string of the molecule is CCN1C(=O)CC(C(N)=O)C1C(C)c1ccc(Br)cc1. The number of nitrogens with two attached hydrogens (primary N) is 1. The number of likely N-dealkylation sites (N-methyl/N-ethyl adjacent to an activating group) is 1. The molecule has 0 saturated carbocycles. The Hall–Kier alpha value is -1.36. The standard InChI is InChI=1S/C15H19BrN2O2/c1-3-18-13(19)8-12(15(17)20)14(18)9(2)10-4-6-11(16)7-5-10/h4-7,9,12,14H,3,8H2,1-2H3,(H2,17,20). The van der Waals surface area contributed by atoms with Crippen LogP contribution in [0, 0.1) is 5.92 Å². The van der Waals surface area contributed by atoms with Crippen LogP contribution in [-0.2, 0) is 9.59 Å². The van der Waals surface area contributed by atoms with Gasteiger partial charge in [0.25, 0.3) is 0 Å². The van der Waals surface area contributed by atoms with Crippen molar-refractivity contribution < 1.29 is 9.59 Å². The molecule has 1 saturated heterocycles. The van der Waals surface area contributed by atoms with Crippen LogP contribution >= 0.6 is 15.9 Å². The monoisotopic (exact) mass is 338 g/mol. The fourth-order valence-corrected chi connectivity index (χ4v) is 3.31. The maximum atomic E-state index is 12.0. The van der Waals surface area contributed by atoms with Crippen molar-refractivity contribution in [3.8, 4) is 0 Å². The summed E-state index contributed by atoms with van der Waals surface area (Å²) < 4.78 is 1.01. The minimum Gasteiger partial charge on any atom is -0.369 e. The number of rotatable bonds is 4. The minimum absolute atomic E-state index is 0.0188. The van der Waals surface area contributed by atoms with Crippen molar-refractivity contribution in [2.75, 3.05) is 6.54 Å². The lowest BCUT2D eigenvalue weighted by molar-refractivity contribution is -0.129. The number of hydrogen-bond donors (Lipinski definition) is 1. The Morgan fingerprint density at radius 1 is 1.45 bits per heavy atom. The van der Waals surface area contributed by atoms with Crippen LogP contribution in [0.4, 0.5) is 0 Å². The third kappa shape index (κ3) is 2.73. The zero-order valence-corrected chi connectivity index (χ0v) is 13.3. The second kappa shape index (κ2) is 5.95. The molecule has 2 rings (SSSR count). The van der Waals surface area contributed by atoms with Crippen molar-refractivity contribution in [3.05, 3.63) is 34.3 Å². The zero-order valence-electron chi connectivity index (χ0n) is 11.7. The van der Waals surface area contributed by atoms with Gasteiger partial charge in [-0.3, -0.25) is 9.59 Å². The predicted molar refractivity (Wildman–Crippen MR) is 81.0 cm³/mol. The zero-order chi connectivity index (χ0) is 14.9. The molecular weight excluding hydrogens is 320 g/mol. The first-order valence-electron chi connectivity index (χ1n) is 6.80. The second-order valence-corrected chi connectivity index (χ2v) is 6.14. The molecule has 20 heavy (non-hydrogen) atoms. The van der Waals surface area contributed by atoms with Gasteiger partial charge in [-0.05, 0) is 24.6 Å². The van der Waals surface area contributed by atoms with Crippen LogP contribution < -0.4 is 5.73 Å². The highest BCUT2D eigenvalue weighted by Crippen LogP contribution is 2.35. The molecule has 1 aromatic rings. The van der Waals surface area contributed by atoms with Gasteiger partial charge in [0.2, 0.25) is 11.8 Å². The summed E-state index contributed by atoms with van der Waals surface area (Å²) in [5.41, 5.74) is 6.59. The number of benzene rings is 1. The molecule has 3 atom stereocenters. The summed E-state index contributed by atoms with van der Waals surface area (Å²) in [5, 5.41) is 0. The highest BCUT2D eigenvalue weighted by molar-refractivity contribution is 9.10. The molecule has 1 heterocycles. The van der Waals surface area contributed by atoms with E-state index in [0.717, 1.165) is 10.0 Å². The van der Waals surface area contributed by atoms with Crippen molar-refractivity contribution in [3.63, 3.8) is 0 Å². The maximum Gasteiger partial charge on any atom is 0.223 e. The Morgan fingerprint density at radius 3 is 2.55 bits per heavy atom. The lowest BCUT2D eigenvalue weighted by atomic mass is 9.85. The largest absolute Gasteiger partial charge is 0.369 e. The van der Waals surface area contributed by atoms with E-state index < -0.39 is 5.92 Å². The van der Waals surface area contributed by atoms with E-state index in [1.54, 1.807) is 4.90 Å². The number of amides is 2. The molecule has 0 spiro atoms. The predicted octanol–water partition coefficient (Wildman–Crippen LogP) is 2.27. The van der Waals surface area contributed by atoms with Crippen molar-refractivity contribution in [1.29, 1.82) is 0 Å². The Morgan fingerprint density at radius 2 is 2.05 bits per heavy atom. The van der Waals surface area contributed by atoms with Crippen molar-refractivity contribution >= 4 is 27.7 Å². The average Bonchev–Trinajstić information content (AvgIpc) is 2.75. The first-order valence-corrected chi connectivity index (χ1v) is 7.59. The molecule has 1 aliphatic rings. The normalized spacial score (nSPS) is 23.9. The number of hydrogen-bond acceptors (Lipinski definition) is 2. The van der Waals surface area contributed by atoms with E-state index in [1.165, 1.54) is 0 Å². The molecule has 0 aliphatic carbocycles. The van der Waals surface area contributed by atoms with E-state index in [0.29, 0.717) is 6.54 Å². The summed E-state index contributed by atoms with van der Waals surface area (Å²) in [4.78, 5) is 25.5. The molecule has 0 aromatic heterocycles. The summed E-state index contributed by atoms with van der Waals surface area (Å²) in [6.07, 6.45) is 0.231. The number of carbonyl (C=O) groups excluding carboxylic acids is 2. The Labute approximate surface area is 127 Å². The van der Waals surface area contributed by atoms with Crippen LogP contribution in [-0.4, -0.2) is 29.3 Å². The number of nitrogens with zero attached hydrogens (tertiary/aromatic N) is 1. The van der Waals surface area contributed by atoms with E-state index in [4.69, 9.17) is 5.73 Å². The Kier molecular flexibility index (Phi) is 4.48. The van der Waals surface area contributed by atoms with Gasteiger partial charge in [0.1, 0.15) is 0 Å². The minimum atomic E-state index is -0.402. The van der Waals surface area contributed by atoms with Crippen LogP contribution in [0.15, 0.2) is 28.7 Å². The molecule has 5 heteroatoms. The number of primary amides is 1. The molecule has 2 amide bonds. The van der Waals surface area contributed by atoms with Gasteiger partial charge in [-0.2, -0.15) is 0 Å². The van der Waals surface area contributed by atoms with E-state index >= 15 is 0 Å². The maximum absolute atomic E-state index is 12.0. The molecule has 0 bridgehead atoms. The molecule has 3 unspecified atom stereocenters. The molecular formula is C15H19BrN2O2. The van der Waals surface area contributed by atoms with Crippen LogP contribution in [0.1, 0.15) is 31.7 Å². The average molecular weight is 339 g/mol. The summed E-state index contributed by atoms with van der Waals surface area (Å²) >= 11 is 3.41. The summed E-state index contributed by atoms with van der Waals surface area (Å²) in [6.45, 7) is 4.59. The fraction of sp³-hybridized carbons (Fsp3) is 0.467. The quantitative estimate of drug-likeness (QED) is 0.915. The lowest BCUT2D eigenvalue weighted by Gasteiger charge is -2.31. The number of carbonyl (C=O) groups is 2. The topological polar surface area (TPSA) is 63.4 Å². The molecule has 108 valence electrons. The van der Waals surface area contributed by atoms with Gasteiger partial charge >= 0.3 is 0 Å². The van der Waals surface area contributed by atoms with Crippen LogP contribution in [0.5, 0.6) is 0 Å². The van der Waals surface area contributed by atoms with Crippen molar-refractivity contribution in [1.82, 2.24) is 4.90 Å². The molecule has 1 fully saturated rings. The molecule has 2 N–H and O–H groups in total. The molecule has 4 nitrogen and oxygen atoms in total. The summed E-state index contributed by atoms with van der Waals surface area (Å²) in [6, 6.07) is 7.83. The van der Waals surface area contributed by atoms with E-state index in [-0.39, 0.29) is 30.2 Å². The van der Waals surface area contributed by atoms with Gasteiger partial charge in [-0.25, -0.2) is 0 Å². The van der Waals surface area contributed by atoms with Crippen LogP contribution in [0.2, 0.25) is 0 Å². The van der Waals surface area contributed by atoms with E-state index in [2.05, 4.69) is 15.9 Å². The van der Waals surface area contributed by atoms with E-state index in [1.807, 2.05) is 38.1 Å². The summed E-state index contributed by atoms with van der Waals surface area (Å²) in [5.74, 6) is -0.693. The molecule has 1 aromatic carbocycles. The third-order valence-corrected chi connectivity index (χ3v) is 4.63. The van der Waals surface area contributed by atoms with E-state index in [9.17, 15) is 9.59 Å². The Balaban J connectivity index is 2.32. The first kappa shape index (κ1) is 15.0. The first-order chi connectivity index (χ1) is 9.45. The summed E-state index contributed by atoms with van der Waals surface area (Å²) in [7, 11) is 0. The molecule has 1 aliphatic heterocycles. The van der Waals surface area contributed by atoms with Crippen molar-refractivity contribution in [2.24, 2.45) is 11.7 Å². The van der Waals surface area contributed by atoms with Gasteiger partial charge in [-0.1, -0.05) is 35.0 Å². The molecule has 0 radical (unpaired) electrons. The fourth-order valence-electron chi connectivity index (χ4n) is 3.05. The second-order valence-electron chi connectivity index (χ2n) is 5.22. The highest BCUT2D eigenvalue weighted by atomic mass is 79.9. The van der Waals surface area contributed by atoms with Gasteiger partial charge in [0.05, 0.1) is 12.0 Å².